The zero-order chi connectivity index (χ0) is 13.5. The van der Waals surface area contributed by atoms with E-state index >= 15 is 0 Å². The first kappa shape index (κ1) is 16.6. The summed E-state index contributed by atoms with van der Waals surface area (Å²) in [5.41, 5.74) is 2.50. The molecule has 20 heavy (non-hydrogen) atoms. The molecule has 0 saturated carbocycles. The fourth-order valence-electron chi connectivity index (χ4n) is 1.97. The molecule has 3 heteroatoms. The Labute approximate surface area is 135 Å². The molecule has 0 aromatic heterocycles. The van der Waals surface area contributed by atoms with Gasteiger partial charge in [-0.3, -0.25) is 0 Å². The van der Waals surface area contributed by atoms with E-state index < -0.39 is 0 Å². The molecule has 0 N–H and O–H groups in total. The number of hydrogen-bond acceptors (Lipinski definition) is 1. The Bertz CT molecular complexity index is 545. The van der Waals surface area contributed by atoms with Crippen molar-refractivity contribution in [2.45, 2.75) is 6.42 Å². The van der Waals surface area contributed by atoms with E-state index in [9.17, 15) is 0 Å². The Balaban J connectivity index is 0.00000200. The molecule has 2 rings (SSSR count). The minimum Gasteiger partial charge on any atom is -0.360 e. The molecule has 0 aliphatic rings. The molecule has 0 atom stereocenters. The zero-order valence-corrected chi connectivity index (χ0v) is 13.5. The lowest BCUT2D eigenvalue weighted by Crippen LogP contribution is -2.26. The van der Waals surface area contributed by atoms with Crippen molar-refractivity contribution in [1.29, 1.82) is 0 Å². The Morgan fingerprint density at radius 2 is 1.65 bits per heavy atom. The van der Waals surface area contributed by atoms with Gasteiger partial charge in [0.15, 0.2) is 0 Å². The van der Waals surface area contributed by atoms with Gasteiger partial charge in [0.1, 0.15) is 0 Å². The van der Waals surface area contributed by atoms with Crippen molar-refractivity contribution in [3.05, 3.63) is 64.6 Å². The van der Waals surface area contributed by atoms with E-state index in [4.69, 9.17) is 6.42 Å². The minimum atomic E-state index is 0. The maximum absolute atomic E-state index is 5.46. The van der Waals surface area contributed by atoms with Crippen molar-refractivity contribution in [2.24, 2.45) is 0 Å². The van der Waals surface area contributed by atoms with Gasteiger partial charge in [-0.15, -0.1) is 18.8 Å². The fraction of sp³-hybridized carbons (Fsp3) is 0.176. The van der Waals surface area contributed by atoms with Crippen LogP contribution in [0, 0.1) is 12.3 Å². The van der Waals surface area contributed by atoms with E-state index in [1.165, 1.54) is 5.56 Å². The van der Waals surface area contributed by atoms with Crippen LogP contribution in [0.25, 0.3) is 0 Å². The summed E-state index contributed by atoms with van der Waals surface area (Å²) >= 11 is 3.45. The van der Waals surface area contributed by atoms with Crippen LogP contribution in [0.1, 0.15) is 5.56 Å². The molecule has 2 aromatic carbocycles. The van der Waals surface area contributed by atoms with Crippen molar-refractivity contribution in [1.82, 2.24) is 0 Å². The normalized spacial score (nSPS) is 9.40. The molecule has 0 spiro atoms. The monoisotopic (exact) mass is 349 g/mol. The van der Waals surface area contributed by atoms with Crippen LogP contribution in [0.15, 0.2) is 59.1 Å². The largest absolute Gasteiger partial charge is 0.360 e. The van der Waals surface area contributed by atoms with E-state index in [1.54, 1.807) is 0 Å². The maximum atomic E-state index is 5.46. The summed E-state index contributed by atoms with van der Waals surface area (Å²) in [7, 11) is 0. The summed E-state index contributed by atoms with van der Waals surface area (Å²) in [4.78, 5) is 2.22. The zero-order valence-electron chi connectivity index (χ0n) is 11.1. The summed E-state index contributed by atoms with van der Waals surface area (Å²) in [6.45, 7) is 1.56. The van der Waals surface area contributed by atoms with Crippen LogP contribution in [0.2, 0.25) is 0 Å². The average molecular weight is 351 g/mol. The number of halogens is 2. The first-order chi connectivity index (χ1) is 9.29. The van der Waals surface area contributed by atoms with Crippen LogP contribution in [0.3, 0.4) is 0 Å². The summed E-state index contributed by atoms with van der Waals surface area (Å²) in [5, 5.41) is 0. The number of nitrogens with zero attached hydrogens (tertiary/aromatic N) is 1. The van der Waals surface area contributed by atoms with Gasteiger partial charge in [-0.1, -0.05) is 52.2 Å². The Morgan fingerprint density at radius 3 is 2.25 bits per heavy atom. The van der Waals surface area contributed by atoms with E-state index in [-0.39, 0.29) is 12.4 Å². The molecule has 2 aromatic rings. The van der Waals surface area contributed by atoms with Gasteiger partial charge in [0.05, 0.1) is 6.54 Å². The number of benzene rings is 2. The van der Waals surface area contributed by atoms with Crippen LogP contribution in [-0.4, -0.2) is 13.1 Å². The molecule has 0 fully saturated rings. The van der Waals surface area contributed by atoms with Crippen molar-refractivity contribution in [2.75, 3.05) is 18.0 Å². The number of anilines is 1. The van der Waals surface area contributed by atoms with Crippen molar-refractivity contribution < 1.29 is 0 Å². The number of terminal acetylenes is 1. The van der Waals surface area contributed by atoms with Crippen LogP contribution >= 0.6 is 28.3 Å². The average Bonchev–Trinajstić information content (AvgIpc) is 2.46. The molecule has 0 aliphatic heterocycles. The van der Waals surface area contributed by atoms with Gasteiger partial charge in [0.2, 0.25) is 0 Å². The smallest absolute Gasteiger partial charge is 0.0791 e. The topological polar surface area (TPSA) is 3.24 Å². The summed E-state index contributed by atoms with van der Waals surface area (Å²) < 4.78 is 1.08. The lowest BCUT2D eigenvalue weighted by molar-refractivity contribution is 0.844. The van der Waals surface area contributed by atoms with Gasteiger partial charge in [-0.2, -0.15) is 0 Å². The molecule has 1 nitrogen and oxygen atoms in total. The first-order valence-corrected chi connectivity index (χ1v) is 7.07. The lowest BCUT2D eigenvalue weighted by Gasteiger charge is -2.22. The fourth-order valence-corrected chi connectivity index (χ4v) is 2.23. The maximum Gasteiger partial charge on any atom is 0.0791 e. The van der Waals surface area contributed by atoms with E-state index in [0.29, 0.717) is 6.54 Å². The van der Waals surface area contributed by atoms with E-state index in [1.807, 2.05) is 18.2 Å². The first-order valence-electron chi connectivity index (χ1n) is 6.27. The lowest BCUT2D eigenvalue weighted by atomic mass is 10.1. The van der Waals surface area contributed by atoms with Crippen molar-refractivity contribution >= 4 is 34.0 Å². The van der Waals surface area contributed by atoms with Gasteiger partial charge in [-0.25, -0.2) is 0 Å². The second-order valence-electron chi connectivity index (χ2n) is 4.34. The van der Waals surface area contributed by atoms with E-state index in [2.05, 4.69) is 63.1 Å². The molecule has 0 heterocycles. The predicted molar refractivity (Wildman–Crippen MR) is 92.6 cm³/mol. The second kappa shape index (κ2) is 8.68. The van der Waals surface area contributed by atoms with Crippen molar-refractivity contribution in [3.8, 4) is 12.3 Å². The Hall–Kier alpha value is -1.43. The van der Waals surface area contributed by atoms with Gasteiger partial charge < -0.3 is 4.90 Å². The standard InChI is InChI=1S/C17H16BrN.ClH/c1-2-13-19(17-10-8-16(18)9-11-17)14-12-15-6-4-3-5-7-15;/h1,3-11H,12-14H2;1H. The molecule has 0 aliphatic carbocycles. The molecular weight excluding hydrogens is 334 g/mol. The summed E-state index contributed by atoms with van der Waals surface area (Å²) in [5.74, 6) is 2.73. The minimum absolute atomic E-state index is 0. The Morgan fingerprint density at radius 1 is 1.00 bits per heavy atom. The SMILES string of the molecule is C#CCN(CCc1ccccc1)c1ccc(Br)cc1.Cl. The van der Waals surface area contributed by atoms with Gasteiger partial charge in [0.25, 0.3) is 0 Å². The highest BCUT2D eigenvalue weighted by molar-refractivity contribution is 9.10. The number of hydrogen-bond donors (Lipinski definition) is 0. The summed E-state index contributed by atoms with van der Waals surface area (Å²) in [6, 6.07) is 18.7. The highest BCUT2D eigenvalue weighted by Gasteiger charge is 2.05. The molecule has 0 radical (unpaired) electrons. The summed E-state index contributed by atoms with van der Waals surface area (Å²) in [6.07, 6.45) is 6.46. The van der Waals surface area contributed by atoms with E-state index in [0.717, 1.165) is 23.1 Å². The second-order valence-corrected chi connectivity index (χ2v) is 5.25. The van der Waals surface area contributed by atoms with Gasteiger partial charge >= 0.3 is 0 Å². The predicted octanol–water partition coefficient (Wildman–Crippen LogP) is 4.55. The third-order valence-corrected chi connectivity index (χ3v) is 3.52. The molecule has 0 saturated heterocycles. The van der Waals surface area contributed by atoms with Crippen LogP contribution in [-0.2, 0) is 6.42 Å². The van der Waals surface area contributed by atoms with Crippen LogP contribution < -0.4 is 4.90 Å². The van der Waals surface area contributed by atoms with Crippen LogP contribution in [0.4, 0.5) is 5.69 Å². The molecule has 104 valence electrons. The van der Waals surface area contributed by atoms with Gasteiger partial charge in [0, 0.05) is 16.7 Å². The molecule has 0 bridgehead atoms. The third-order valence-electron chi connectivity index (χ3n) is 2.99. The van der Waals surface area contributed by atoms with Crippen LogP contribution in [0.5, 0.6) is 0 Å². The van der Waals surface area contributed by atoms with Gasteiger partial charge in [-0.05, 0) is 36.2 Å². The highest BCUT2D eigenvalue weighted by atomic mass is 79.9. The molecular formula is C17H17BrClN. The molecule has 0 amide bonds. The quantitative estimate of drug-likeness (QED) is 0.715. The Kier molecular flexibility index (Phi) is 7.22. The highest BCUT2D eigenvalue weighted by Crippen LogP contribution is 2.18. The third kappa shape index (κ3) is 4.92. The molecule has 0 unspecified atom stereocenters. The van der Waals surface area contributed by atoms with Crippen molar-refractivity contribution in [3.63, 3.8) is 0 Å². The number of rotatable bonds is 5.